The Kier molecular flexibility index (Phi) is 2.98. The number of thiazole rings is 1. The summed E-state index contributed by atoms with van der Waals surface area (Å²) in [5.41, 5.74) is 6.41. The van der Waals surface area contributed by atoms with Crippen molar-refractivity contribution >= 4 is 38.3 Å². The second-order valence-electron chi connectivity index (χ2n) is 3.12. The van der Waals surface area contributed by atoms with E-state index < -0.39 is 0 Å². The lowest BCUT2D eigenvalue weighted by atomic mass is 10.3. The Morgan fingerprint density at radius 2 is 2.33 bits per heavy atom. The highest BCUT2D eigenvalue weighted by Gasteiger charge is 2.10. The van der Waals surface area contributed by atoms with Crippen molar-refractivity contribution in [3.05, 3.63) is 17.2 Å². The molecule has 0 bridgehead atoms. The number of aromatic nitrogens is 1. The number of nitrogen functional groups attached to an aromatic ring is 1. The topological polar surface area (TPSA) is 48.1 Å². The lowest BCUT2D eigenvalue weighted by Gasteiger charge is -2.04. The van der Waals surface area contributed by atoms with Crippen molar-refractivity contribution in [1.82, 2.24) is 4.98 Å². The van der Waals surface area contributed by atoms with Gasteiger partial charge in [0.05, 0.1) is 16.3 Å². The fraction of sp³-hybridized carbons (Fsp3) is 0.300. The zero-order chi connectivity index (χ0) is 10.8. The normalized spacial score (nSPS) is 10.8. The molecule has 3 nitrogen and oxygen atoms in total. The summed E-state index contributed by atoms with van der Waals surface area (Å²) in [6.07, 6.45) is 0.962. The van der Waals surface area contributed by atoms with Gasteiger partial charge in [-0.05, 0) is 18.6 Å². The first-order valence-electron chi connectivity index (χ1n) is 4.69. The highest BCUT2D eigenvalue weighted by Crippen LogP contribution is 2.36. The molecule has 0 aliphatic carbocycles. The number of rotatable bonds is 3. The number of halogens is 1. The average molecular weight is 243 g/mol. The van der Waals surface area contributed by atoms with Crippen LogP contribution in [0.4, 0.5) is 5.13 Å². The molecule has 5 heteroatoms. The Morgan fingerprint density at radius 1 is 1.53 bits per heavy atom. The second-order valence-corrected chi connectivity index (χ2v) is 4.56. The molecule has 15 heavy (non-hydrogen) atoms. The number of benzene rings is 1. The van der Waals surface area contributed by atoms with Crippen LogP contribution in [-0.4, -0.2) is 11.6 Å². The monoisotopic (exact) mass is 242 g/mol. The summed E-state index contributed by atoms with van der Waals surface area (Å²) in [4.78, 5) is 4.21. The van der Waals surface area contributed by atoms with Crippen LogP contribution >= 0.6 is 22.9 Å². The van der Waals surface area contributed by atoms with Gasteiger partial charge >= 0.3 is 0 Å². The van der Waals surface area contributed by atoms with E-state index in [4.69, 9.17) is 22.1 Å². The third kappa shape index (κ3) is 2.01. The van der Waals surface area contributed by atoms with Crippen molar-refractivity contribution in [2.75, 3.05) is 12.3 Å². The molecule has 2 aromatic rings. The van der Waals surface area contributed by atoms with Crippen LogP contribution in [0.1, 0.15) is 13.3 Å². The van der Waals surface area contributed by atoms with Gasteiger partial charge in [0.1, 0.15) is 11.3 Å². The highest BCUT2D eigenvalue weighted by molar-refractivity contribution is 7.22. The first-order chi connectivity index (χ1) is 7.22. The SMILES string of the molecule is CCCOc1ccc(Cl)c2sc(N)nc12. The van der Waals surface area contributed by atoms with Gasteiger partial charge in [-0.15, -0.1) is 0 Å². The standard InChI is InChI=1S/C10H11ClN2OS/c1-2-5-14-7-4-3-6(11)9-8(7)13-10(12)15-9/h3-4H,2,5H2,1H3,(H2,12,13). The maximum atomic E-state index is 6.04. The van der Waals surface area contributed by atoms with Crippen LogP contribution in [0.2, 0.25) is 5.02 Å². The molecule has 0 saturated heterocycles. The number of nitrogens with two attached hydrogens (primary N) is 1. The minimum absolute atomic E-state index is 0.513. The van der Waals surface area contributed by atoms with Crippen molar-refractivity contribution in [3.63, 3.8) is 0 Å². The zero-order valence-corrected chi connectivity index (χ0v) is 9.86. The Morgan fingerprint density at radius 3 is 3.07 bits per heavy atom. The van der Waals surface area contributed by atoms with Crippen molar-refractivity contribution < 1.29 is 4.74 Å². The average Bonchev–Trinajstić information content (AvgIpc) is 2.60. The summed E-state index contributed by atoms with van der Waals surface area (Å²) in [7, 11) is 0. The number of hydrogen-bond acceptors (Lipinski definition) is 4. The summed E-state index contributed by atoms with van der Waals surface area (Å²) in [5.74, 6) is 0.754. The quantitative estimate of drug-likeness (QED) is 0.898. The Hall–Kier alpha value is -1.00. The first kappa shape index (κ1) is 10.5. The van der Waals surface area contributed by atoms with Gasteiger partial charge in [-0.1, -0.05) is 29.9 Å². The van der Waals surface area contributed by atoms with Gasteiger partial charge in [0.25, 0.3) is 0 Å². The van der Waals surface area contributed by atoms with Crippen molar-refractivity contribution in [2.24, 2.45) is 0 Å². The molecule has 1 heterocycles. The number of hydrogen-bond donors (Lipinski definition) is 1. The van der Waals surface area contributed by atoms with Crippen LogP contribution in [0.15, 0.2) is 12.1 Å². The van der Waals surface area contributed by atoms with E-state index in [1.807, 2.05) is 12.1 Å². The molecule has 80 valence electrons. The Bertz CT molecular complexity index is 483. The largest absolute Gasteiger partial charge is 0.491 e. The summed E-state index contributed by atoms with van der Waals surface area (Å²) in [5, 5.41) is 1.18. The van der Waals surface area contributed by atoms with Gasteiger partial charge in [0, 0.05) is 0 Å². The van der Waals surface area contributed by atoms with E-state index >= 15 is 0 Å². The maximum absolute atomic E-state index is 6.04. The fourth-order valence-electron chi connectivity index (χ4n) is 1.30. The predicted octanol–water partition coefficient (Wildman–Crippen LogP) is 3.32. The molecule has 1 aromatic carbocycles. The van der Waals surface area contributed by atoms with Gasteiger partial charge in [-0.2, -0.15) is 0 Å². The third-order valence-electron chi connectivity index (χ3n) is 1.94. The number of ether oxygens (including phenoxy) is 1. The van der Waals surface area contributed by atoms with Crippen LogP contribution in [0.5, 0.6) is 5.75 Å². The molecule has 2 N–H and O–H groups in total. The highest BCUT2D eigenvalue weighted by atomic mass is 35.5. The summed E-state index contributed by atoms with van der Waals surface area (Å²) >= 11 is 7.42. The van der Waals surface area contributed by atoms with Gasteiger partial charge < -0.3 is 10.5 Å². The van der Waals surface area contributed by atoms with Gasteiger partial charge in [-0.3, -0.25) is 0 Å². The van der Waals surface area contributed by atoms with E-state index in [9.17, 15) is 0 Å². The molecule has 0 amide bonds. The van der Waals surface area contributed by atoms with Crippen LogP contribution in [0.25, 0.3) is 10.2 Å². The van der Waals surface area contributed by atoms with E-state index in [0.29, 0.717) is 16.8 Å². The molecule has 0 atom stereocenters. The Labute approximate surface area is 96.8 Å². The van der Waals surface area contributed by atoms with Crippen molar-refractivity contribution in [3.8, 4) is 5.75 Å². The van der Waals surface area contributed by atoms with E-state index in [2.05, 4.69) is 11.9 Å². The first-order valence-corrected chi connectivity index (χ1v) is 5.89. The number of anilines is 1. The van der Waals surface area contributed by atoms with Crippen LogP contribution in [-0.2, 0) is 0 Å². The van der Waals surface area contributed by atoms with Crippen molar-refractivity contribution in [1.29, 1.82) is 0 Å². The van der Waals surface area contributed by atoms with Gasteiger partial charge in [0.2, 0.25) is 0 Å². The summed E-state index contributed by atoms with van der Waals surface area (Å²) in [6.45, 7) is 2.73. The lowest BCUT2D eigenvalue weighted by molar-refractivity contribution is 0.320. The smallest absolute Gasteiger partial charge is 0.181 e. The second kappa shape index (κ2) is 4.24. The molecule has 0 aliphatic heterocycles. The number of fused-ring (bicyclic) bond motifs is 1. The molecular weight excluding hydrogens is 232 g/mol. The minimum atomic E-state index is 0.513. The minimum Gasteiger partial charge on any atom is -0.491 e. The Balaban J connectivity index is 2.50. The molecule has 0 aliphatic rings. The summed E-state index contributed by atoms with van der Waals surface area (Å²) < 4.78 is 6.46. The molecule has 0 saturated carbocycles. The fourth-order valence-corrected chi connectivity index (χ4v) is 2.32. The molecule has 0 unspecified atom stereocenters. The van der Waals surface area contributed by atoms with E-state index in [1.54, 1.807) is 0 Å². The predicted molar refractivity (Wildman–Crippen MR) is 64.8 cm³/mol. The maximum Gasteiger partial charge on any atom is 0.181 e. The van der Waals surface area contributed by atoms with Crippen LogP contribution in [0.3, 0.4) is 0 Å². The molecule has 2 rings (SSSR count). The van der Waals surface area contributed by atoms with Gasteiger partial charge in [0.15, 0.2) is 5.13 Å². The van der Waals surface area contributed by atoms with E-state index in [-0.39, 0.29) is 0 Å². The summed E-state index contributed by atoms with van der Waals surface area (Å²) in [6, 6.07) is 3.64. The zero-order valence-electron chi connectivity index (χ0n) is 8.29. The van der Waals surface area contributed by atoms with Crippen LogP contribution in [0, 0.1) is 0 Å². The van der Waals surface area contributed by atoms with Crippen LogP contribution < -0.4 is 10.5 Å². The van der Waals surface area contributed by atoms with E-state index in [1.165, 1.54) is 11.3 Å². The molecule has 0 fully saturated rings. The number of nitrogens with zero attached hydrogens (tertiary/aromatic N) is 1. The molecule has 0 spiro atoms. The van der Waals surface area contributed by atoms with E-state index in [0.717, 1.165) is 22.4 Å². The molecular formula is C10H11ClN2OS. The molecule has 1 aromatic heterocycles. The third-order valence-corrected chi connectivity index (χ3v) is 3.28. The van der Waals surface area contributed by atoms with Crippen molar-refractivity contribution in [2.45, 2.75) is 13.3 Å². The molecule has 0 radical (unpaired) electrons. The lowest BCUT2D eigenvalue weighted by Crippen LogP contribution is -1.95. The van der Waals surface area contributed by atoms with Gasteiger partial charge in [-0.25, -0.2) is 4.98 Å².